The SMILES string of the molecule is CCCNC(c1cc(F)ccc1Cl)C1CCCOC1. The molecule has 1 heterocycles. The molecule has 0 bridgehead atoms. The Hall–Kier alpha value is -0.640. The zero-order valence-corrected chi connectivity index (χ0v) is 12.0. The highest BCUT2D eigenvalue weighted by Gasteiger charge is 2.27. The number of benzene rings is 1. The zero-order valence-electron chi connectivity index (χ0n) is 11.3. The van der Waals surface area contributed by atoms with Gasteiger partial charge in [-0.15, -0.1) is 0 Å². The number of rotatable bonds is 5. The first-order chi connectivity index (χ1) is 9.22. The summed E-state index contributed by atoms with van der Waals surface area (Å²) in [7, 11) is 0. The lowest BCUT2D eigenvalue weighted by Gasteiger charge is -2.32. The molecule has 19 heavy (non-hydrogen) atoms. The molecule has 0 radical (unpaired) electrons. The van der Waals surface area contributed by atoms with Crippen molar-refractivity contribution >= 4 is 11.6 Å². The third-order valence-corrected chi connectivity index (χ3v) is 3.92. The van der Waals surface area contributed by atoms with Crippen molar-refractivity contribution in [3.05, 3.63) is 34.6 Å². The summed E-state index contributed by atoms with van der Waals surface area (Å²) in [6.45, 7) is 4.56. The second-order valence-electron chi connectivity index (χ2n) is 5.07. The van der Waals surface area contributed by atoms with E-state index in [0.29, 0.717) is 17.5 Å². The van der Waals surface area contributed by atoms with Crippen molar-refractivity contribution in [3.63, 3.8) is 0 Å². The number of nitrogens with one attached hydrogen (secondary N) is 1. The molecule has 2 unspecified atom stereocenters. The van der Waals surface area contributed by atoms with E-state index in [2.05, 4.69) is 12.2 Å². The van der Waals surface area contributed by atoms with E-state index in [9.17, 15) is 4.39 Å². The van der Waals surface area contributed by atoms with Crippen LogP contribution in [0.3, 0.4) is 0 Å². The van der Waals surface area contributed by atoms with Gasteiger partial charge in [0, 0.05) is 23.6 Å². The van der Waals surface area contributed by atoms with Crippen molar-refractivity contribution in [3.8, 4) is 0 Å². The molecule has 1 saturated heterocycles. The monoisotopic (exact) mass is 285 g/mol. The van der Waals surface area contributed by atoms with Gasteiger partial charge in [-0.3, -0.25) is 0 Å². The van der Waals surface area contributed by atoms with Gasteiger partial charge >= 0.3 is 0 Å². The summed E-state index contributed by atoms with van der Waals surface area (Å²) in [5, 5.41) is 4.12. The highest BCUT2D eigenvalue weighted by atomic mass is 35.5. The fourth-order valence-electron chi connectivity index (χ4n) is 2.61. The van der Waals surface area contributed by atoms with Crippen LogP contribution >= 0.6 is 11.6 Å². The van der Waals surface area contributed by atoms with Crippen LogP contribution in [-0.4, -0.2) is 19.8 Å². The zero-order chi connectivity index (χ0) is 13.7. The summed E-state index contributed by atoms with van der Waals surface area (Å²) in [5.74, 6) is 0.124. The summed E-state index contributed by atoms with van der Waals surface area (Å²) in [4.78, 5) is 0. The molecule has 1 N–H and O–H groups in total. The van der Waals surface area contributed by atoms with E-state index in [1.165, 1.54) is 6.07 Å². The van der Waals surface area contributed by atoms with Crippen LogP contribution in [0.2, 0.25) is 5.02 Å². The average molecular weight is 286 g/mol. The largest absolute Gasteiger partial charge is 0.381 e. The fourth-order valence-corrected chi connectivity index (χ4v) is 2.85. The Morgan fingerprint density at radius 1 is 1.53 bits per heavy atom. The molecule has 1 fully saturated rings. The highest BCUT2D eigenvalue weighted by molar-refractivity contribution is 6.31. The summed E-state index contributed by atoms with van der Waals surface area (Å²) < 4.78 is 19.0. The number of ether oxygens (including phenoxy) is 1. The molecular weight excluding hydrogens is 265 g/mol. The van der Waals surface area contributed by atoms with Crippen LogP contribution in [0, 0.1) is 11.7 Å². The summed E-state index contributed by atoms with van der Waals surface area (Å²) >= 11 is 6.24. The molecule has 1 aliphatic rings. The lowest BCUT2D eigenvalue weighted by molar-refractivity contribution is 0.0390. The van der Waals surface area contributed by atoms with Crippen molar-refractivity contribution in [2.24, 2.45) is 5.92 Å². The first kappa shape index (κ1) is 14.8. The second kappa shape index (κ2) is 7.22. The normalized spacial score (nSPS) is 21.3. The molecule has 0 aromatic heterocycles. The van der Waals surface area contributed by atoms with Gasteiger partial charge in [0.2, 0.25) is 0 Å². The number of halogens is 2. The van der Waals surface area contributed by atoms with Crippen LogP contribution in [-0.2, 0) is 4.74 Å². The lowest BCUT2D eigenvalue weighted by Crippen LogP contribution is -2.34. The van der Waals surface area contributed by atoms with E-state index in [0.717, 1.165) is 38.0 Å². The molecule has 1 aromatic carbocycles. The molecule has 0 aliphatic carbocycles. The molecule has 0 amide bonds. The molecule has 0 spiro atoms. The van der Waals surface area contributed by atoms with Gasteiger partial charge in [-0.1, -0.05) is 18.5 Å². The van der Waals surface area contributed by atoms with Gasteiger partial charge in [-0.05, 0) is 49.6 Å². The topological polar surface area (TPSA) is 21.3 Å². The maximum Gasteiger partial charge on any atom is 0.123 e. The third kappa shape index (κ3) is 3.91. The van der Waals surface area contributed by atoms with E-state index in [1.54, 1.807) is 12.1 Å². The van der Waals surface area contributed by atoms with Crippen molar-refractivity contribution in [1.82, 2.24) is 5.32 Å². The number of hydrogen-bond donors (Lipinski definition) is 1. The van der Waals surface area contributed by atoms with Crippen LogP contribution in [0.15, 0.2) is 18.2 Å². The average Bonchev–Trinajstić information content (AvgIpc) is 2.44. The van der Waals surface area contributed by atoms with Crippen LogP contribution in [0.25, 0.3) is 0 Å². The molecule has 106 valence electrons. The molecule has 1 aliphatic heterocycles. The minimum atomic E-state index is -0.237. The predicted octanol–water partition coefficient (Wildman–Crippen LogP) is 3.95. The van der Waals surface area contributed by atoms with Crippen molar-refractivity contribution in [2.45, 2.75) is 32.2 Å². The standard InChI is InChI=1S/C15H21ClFNO/c1-2-7-18-15(11-4-3-8-19-10-11)13-9-12(17)5-6-14(13)16/h5-6,9,11,15,18H,2-4,7-8,10H2,1H3. The van der Waals surface area contributed by atoms with Gasteiger partial charge < -0.3 is 10.1 Å². The quantitative estimate of drug-likeness (QED) is 0.884. The van der Waals surface area contributed by atoms with Gasteiger partial charge in [-0.2, -0.15) is 0 Å². The Morgan fingerprint density at radius 2 is 2.37 bits per heavy atom. The Morgan fingerprint density at radius 3 is 3.05 bits per heavy atom. The van der Waals surface area contributed by atoms with Gasteiger partial charge in [-0.25, -0.2) is 4.39 Å². The summed E-state index contributed by atoms with van der Waals surface area (Å²) in [5.41, 5.74) is 0.852. The molecule has 4 heteroatoms. The van der Waals surface area contributed by atoms with Crippen LogP contribution in [0.1, 0.15) is 37.8 Å². The molecule has 2 rings (SSSR count). The van der Waals surface area contributed by atoms with Crippen LogP contribution in [0.4, 0.5) is 4.39 Å². The maximum absolute atomic E-state index is 13.5. The van der Waals surface area contributed by atoms with Gasteiger partial charge in [0.15, 0.2) is 0 Å². The van der Waals surface area contributed by atoms with E-state index >= 15 is 0 Å². The smallest absolute Gasteiger partial charge is 0.123 e. The lowest BCUT2D eigenvalue weighted by atomic mass is 9.88. The Labute approximate surface area is 119 Å². The summed E-state index contributed by atoms with van der Waals surface area (Å²) in [6.07, 6.45) is 3.19. The minimum absolute atomic E-state index is 0.0726. The van der Waals surface area contributed by atoms with Crippen molar-refractivity contribution < 1.29 is 9.13 Å². The van der Waals surface area contributed by atoms with Gasteiger partial charge in [0.05, 0.1) is 6.61 Å². The first-order valence-corrected chi connectivity index (χ1v) is 7.36. The van der Waals surface area contributed by atoms with Gasteiger partial charge in [0.1, 0.15) is 5.82 Å². The predicted molar refractivity (Wildman–Crippen MR) is 76.0 cm³/mol. The second-order valence-corrected chi connectivity index (χ2v) is 5.48. The summed E-state index contributed by atoms with van der Waals surface area (Å²) in [6, 6.07) is 4.66. The molecular formula is C15H21ClFNO. The minimum Gasteiger partial charge on any atom is -0.381 e. The van der Waals surface area contributed by atoms with E-state index in [1.807, 2.05) is 0 Å². The Balaban J connectivity index is 2.22. The van der Waals surface area contributed by atoms with Gasteiger partial charge in [0.25, 0.3) is 0 Å². The third-order valence-electron chi connectivity index (χ3n) is 3.57. The highest BCUT2D eigenvalue weighted by Crippen LogP contribution is 2.33. The van der Waals surface area contributed by atoms with Crippen molar-refractivity contribution in [2.75, 3.05) is 19.8 Å². The molecule has 2 nitrogen and oxygen atoms in total. The fraction of sp³-hybridized carbons (Fsp3) is 0.600. The molecule has 0 saturated carbocycles. The molecule has 2 atom stereocenters. The first-order valence-electron chi connectivity index (χ1n) is 6.98. The van der Waals surface area contributed by atoms with E-state index < -0.39 is 0 Å². The van der Waals surface area contributed by atoms with Crippen LogP contribution in [0.5, 0.6) is 0 Å². The van der Waals surface area contributed by atoms with E-state index in [4.69, 9.17) is 16.3 Å². The molecule has 1 aromatic rings. The number of hydrogen-bond acceptors (Lipinski definition) is 2. The maximum atomic E-state index is 13.5. The van der Waals surface area contributed by atoms with E-state index in [-0.39, 0.29) is 11.9 Å². The Bertz CT molecular complexity index is 407. The van der Waals surface area contributed by atoms with Crippen LogP contribution < -0.4 is 5.32 Å². The Kier molecular flexibility index (Phi) is 5.61. The van der Waals surface area contributed by atoms with Crippen molar-refractivity contribution in [1.29, 1.82) is 0 Å².